The maximum absolute atomic E-state index is 11.6. The Kier molecular flexibility index (Phi) is 7.52. The summed E-state index contributed by atoms with van der Waals surface area (Å²) in [6.45, 7) is 2.27. The van der Waals surface area contributed by atoms with Crippen molar-refractivity contribution >= 4 is 33.7 Å². The highest BCUT2D eigenvalue weighted by molar-refractivity contribution is 9.10. The maximum Gasteiger partial charge on any atom is 0.305 e. The van der Waals surface area contributed by atoms with Gasteiger partial charge in [0.2, 0.25) is 5.91 Å². The number of rotatable bonds is 8. The van der Waals surface area contributed by atoms with E-state index in [1.807, 2.05) is 0 Å². The van der Waals surface area contributed by atoms with Crippen LogP contribution in [0, 0.1) is 0 Å². The fourth-order valence-corrected chi connectivity index (χ4v) is 1.75. The van der Waals surface area contributed by atoms with Crippen molar-refractivity contribution in [3.63, 3.8) is 0 Å². The number of halogens is 1. The first-order valence-electron chi connectivity index (χ1n) is 6.48. The molecule has 1 aromatic heterocycles. The first-order valence-corrected chi connectivity index (χ1v) is 7.28. The minimum absolute atomic E-state index is 0.122. The molecule has 0 aliphatic rings. The topological polar surface area (TPSA) is 97.6 Å². The van der Waals surface area contributed by atoms with Crippen molar-refractivity contribution in [2.45, 2.75) is 19.8 Å². The molecule has 0 fully saturated rings. The fourth-order valence-electron chi connectivity index (χ4n) is 1.44. The SMILES string of the molecule is CCOC(=O)CCCNC(=O)CNC(=O)c1ccc(Br)o1. The second kappa shape index (κ2) is 9.17. The lowest BCUT2D eigenvalue weighted by atomic mass is 10.3. The minimum atomic E-state index is -0.470. The van der Waals surface area contributed by atoms with E-state index < -0.39 is 5.91 Å². The van der Waals surface area contributed by atoms with Gasteiger partial charge in [0, 0.05) is 13.0 Å². The summed E-state index contributed by atoms with van der Waals surface area (Å²) in [6.07, 6.45) is 0.741. The van der Waals surface area contributed by atoms with Gasteiger partial charge in [-0.3, -0.25) is 14.4 Å². The molecule has 1 rings (SSSR count). The third-order valence-corrected chi connectivity index (χ3v) is 2.82. The van der Waals surface area contributed by atoms with Crippen LogP contribution in [0.25, 0.3) is 0 Å². The van der Waals surface area contributed by atoms with Gasteiger partial charge in [0.05, 0.1) is 13.2 Å². The van der Waals surface area contributed by atoms with Gasteiger partial charge in [0.25, 0.3) is 5.91 Å². The predicted molar refractivity (Wildman–Crippen MR) is 77.6 cm³/mol. The third-order valence-electron chi connectivity index (χ3n) is 2.39. The van der Waals surface area contributed by atoms with E-state index >= 15 is 0 Å². The average Bonchev–Trinajstić information content (AvgIpc) is 2.88. The van der Waals surface area contributed by atoms with Crippen molar-refractivity contribution < 1.29 is 23.5 Å². The molecule has 0 aromatic carbocycles. The Labute approximate surface area is 130 Å². The Morgan fingerprint density at radius 3 is 2.67 bits per heavy atom. The van der Waals surface area contributed by atoms with Crippen molar-refractivity contribution in [3.05, 3.63) is 22.6 Å². The highest BCUT2D eigenvalue weighted by atomic mass is 79.9. The number of ether oxygens (including phenoxy) is 1. The standard InChI is InChI=1S/C13H17BrN2O5/c1-2-20-12(18)4-3-7-15-11(17)8-16-13(19)9-5-6-10(14)21-9/h5-6H,2-4,7-8H2,1H3,(H,15,17)(H,16,19). The molecule has 0 bridgehead atoms. The Bertz CT molecular complexity index is 501. The van der Waals surface area contributed by atoms with Crippen LogP contribution in [0.3, 0.4) is 0 Å². The van der Waals surface area contributed by atoms with Crippen LogP contribution in [-0.2, 0) is 14.3 Å². The molecule has 7 nitrogen and oxygen atoms in total. The molecule has 21 heavy (non-hydrogen) atoms. The Morgan fingerprint density at radius 1 is 1.29 bits per heavy atom. The summed E-state index contributed by atoms with van der Waals surface area (Å²) in [4.78, 5) is 34.1. The summed E-state index contributed by atoms with van der Waals surface area (Å²) in [5, 5.41) is 5.02. The van der Waals surface area contributed by atoms with E-state index in [1.54, 1.807) is 13.0 Å². The number of esters is 1. The molecular weight excluding hydrogens is 344 g/mol. The van der Waals surface area contributed by atoms with Crippen molar-refractivity contribution in [1.82, 2.24) is 10.6 Å². The zero-order chi connectivity index (χ0) is 15.7. The van der Waals surface area contributed by atoms with Gasteiger partial charge in [-0.15, -0.1) is 0 Å². The molecule has 0 saturated heterocycles. The van der Waals surface area contributed by atoms with Crippen LogP contribution in [0.15, 0.2) is 21.2 Å². The zero-order valence-electron chi connectivity index (χ0n) is 11.6. The Morgan fingerprint density at radius 2 is 2.05 bits per heavy atom. The summed E-state index contributed by atoms with van der Waals surface area (Å²) < 4.78 is 10.2. The van der Waals surface area contributed by atoms with Crippen molar-refractivity contribution in [2.75, 3.05) is 19.7 Å². The number of carbonyl (C=O) groups is 3. The second-order valence-electron chi connectivity index (χ2n) is 4.04. The third kappa shape index (κ3) is 6.94. The van der Waals surface area contributed by atoms with E-state index in [2.05, 4.69) is 26.6 Å². The Balaban J connectivity index is 2.14. The summed E-state index contributed by atoms with van der Waals surface area (Å²) in [6, 6.07) is 3.08. The number of furan rings is 1. The van der Waals surface area contributed by atoms with E-state index in [1.165, 1.54) is 6.07 Å². The molecule has 0 aliphatic carbocycles. The van der Waals surface area contributed by atoms with Crippen molar-refractivity contribution in [2.24, 2.45) is 0 Å². The lowest BCUT2D eigenvalue weighted by molar-refractivity contribution is -0.143. The van der Waals surface area contributed by atoms with Crippen molar-refractivity contribution in [1.29, 1.82) is 0 Å². The maximum atomic E-state index is 11.6. The molecule has 1 heterocycles. The first kappa shape index (κ1) is 17.2. The highest BCUT2D eigenvalue weighted by Gasteiger charge is 2.11. The van der Waals surface area contributed by atoms with Gasteiger partial charge in [0.15, 0.2) is 10.4 Å². The van der Waals surface area contributed by atoms with Gasteiger partial charge in [-0.1, -0.05) is 0 Å². The molecular formula is C13H17BrN2O5. The van der Waals surface area contributed by atoms with Crippen LogP contribution in [0.1, 0.15) is 30.3 Å². The smallest absolute Gasteiger partial charge is 0.305 e. The van der Waals surface area contributed by atoms with Crippen molar-refractivity contribution in [3.8, 4) is 0 Å². The number of hydrogen-bond acceptors (Lipinski definition) is 5. The Hall–Kier alpha value is -1.83. The molecule has 0 atom stereocenters. The van der Waals surface area contributed by atoms with Gasteiger partial charge in [-0.25, -0.2) is 0 Å². The second-order valence-corrected chi connectivity index (χ2v) is 4.83. The molecule has 2 amide bonds. The number of nitrogens with one attached hydrogen (secondary N) is 2. The number of carbonyl (C=O) groups excluding carboxylic acids is 3. The van der Waals surface area contributed by atoms with Crippen LogP contribution >= 0.6 is 15.9 Å². The number of amides is 2. The van der Waals surface area contributed by atoms with Gasteiger partial charge in [-0.05, 0) is 41.4 Å². The molecule has 8 heteroatoms. The molecule has 0 unspecified atom stereocenters. The monoisotopic (exact) mass is 360 g/mol. The molecule has 2 N–H and O–H groups in total. The van der Waals surface area contributed by atoms with Gasteiger partial charge >= 0.3 is 5.97 Å². The minimum Gasteiger partial charge on any atom is -0.466 e. The van der Waals surface area contributed by atoms with E-state index in [-0.39, 0.29) is 30.6 Å². The van der Waals surface area contributed by atoms with Crippen LogP contribution in [0.2, 0.25) is 0 Å². The largest absolute Gasteiger partial charge is 0.466 e. The lowest BCUT2D eigenvalue weighted by Gasteiger charge is -2.06. The predicted octanol–water partition coefficient (Wildman–Crippen LogP) is 1.23. The summed E-state index contributed by atoms with van der Waals surface area (Å²) in [5.41, 5.74) is 0. The normalized spacial score (nSPS) is 10.0. The molecule has 1 aromatic rings. The molecule has 0 aliphatic heterocycles. The van der Waals surface area contributed by atoms with Crippen LogP contribution in [0.5, 0.6) is 0 Å². The fraction of sp³-hybridized carbons (Fsp3) is 0.462. The van der Waals surface area contributed by atoms with Gasteiger partial charge in [0.1, 0.15) is 0 Å². The molecule has 0 spiro atoms. The molecule has 0 radical (unpaired) electrons. The van der Waals surface area contributed by atoms with Crippen LogP contribution in [-0.4, -0.2) is 37.5 Å². The summed E-state index contributed by atoms with van der Waals surface area (Å²) in [7, 11) is 0. The van der Waals surface area contributed by atoms with E-state index in [0.717, 1.165) is 0 Å². The molecule has 0 saturated carbocycles. The summed E-state index contributed by atoms with van der Waals surface area (Å²) >= 11 is 3.08. The van der Waals surface area contributed by atoms with E-state index in [0.29, 0.717) is 24.2 Å². The average molecular weight is 361 g/mol. The summed E-state index contributed by atoms with van der Waals surface area (Å²) in [5.74, 6) is -0.972. The van der Waals surface area contributed by atoms with Gasteiger partial charge in [-0.2, -0.15) is 0 Å². The lowest BCUT2D eigenvalue weighted by Crippen LogP contribution is -2.37. The van der Waals surface area contributed by atoms with Crippen LogP contribution < -0.4 is 10.6 Å². The van der Waals surface area contributed by atoms with E-state index in [4.69, 9.17) is 9.15 Å². The quantitative estimate of drug-likeness (QED) is 0.536. The first-order chi connectivity index (χ1) is 10.0. The van der Waals surface area contributed by atoms with Crippen LogP contribution in [0.4, 0.5) is 0 Å². The number of hydrogen-bond donors (Lipinski definition) is 2. The zero-order valence-corrected chi connectivity index (χ0v) is 13.2. The van der Waals surface area contributed by atoms with E-state index in [9.17, 15) is 14.4 Å². The highest BCUT2D eigenvalue weighted by Crippen LogP contribution is 2.13. The molecule has 116 valence electrons. The van der Waals surface area contributed by atoms with Gasteiger partial charge < -0.3 is 19.8 Å².